The molecule has 0 bridgehead atoms. The second-order valence-electron chi connectivity index (χ2n) is 13.2. The summed E-state index contributed by atoms with van der Waals surface area (Å²) in [6, 6.07) is 14.9. The van der Waals surface area contributed by atoms with Crippen LogP contribution in [0, 0.1) is 11.8 Å². The van der Waals surface area contributed by atoms with Gasteiger partial charge in [-0.1, -0.05) is 24.3 Å². The first-order valence-electron chi connectivity index (χ1n) is 17.2. The van der Waals surface area contributed by atoms with Crippen LogP contribution in [0.4, 0.5) is 0 Å². The number of methoxy groups -OCH3 is 4. The summed E-state index contributed by atoms with van der Waals surface area (Å²) in [5.74, 6) is -4.06. The van der Waals surface area contributed by atoms with Gasteiger partial charge in [0.15, 0.2) is 46.0 Å². The number of hydrogen-bond acceptors (Lipinski definition) is 14. The van der Waals surface area contributed by atoms with Crippen LogP contribution in [0.15, 0.2) is 60.7 Å². The van der Waals surface area contributed by atoms with Crippen LogP contribution >= 0.6 is 0 Å². The highest BCUT2D eigenvalue weighted by Gasteiger charge is 2.38. The number of carbonyl (C=O) groups is 1. The van der Waals surface area contributed by atoms with Gasteiger partial charge in [0.25, 0.3) is 0 Å². The van der Waals surface area contributed by atoms with Crippen LogP contribution in [0.3, 0.4) is 0 Å². The topological polar surface area (TPSA) is 225 Å². The number of phenols is 4. The molecule has 14 heteroatoms. The predicted octanol–water partition coefficient (Wildman–Crippen LogP) is 3.74. The summed E-state index contributed by atoms with van der Waals surface area (Å²) >= 11 is 0. The van der Waals surface area contributed by atoms with Crippen molar-refractivity contribution in [2.45, 2.75) is 36.9 Å². The Hall–Kier alpha value is -5.41. The van der Waals surface area contributed by atoms with Gasteiger partial charge in [0.05, 0.1) is 66.4 Å². The lowest BCUT2D eigenvalue weighted by atomic mass is 9.82. The van der Waals surface area contributed by atoms with E-state index < -0.39 is 49.1 Å². The lowest BCUT2D eigenvalue weighted by Gasteiger charge is -2.26. The third-order valence-corrected chi connectivity index (χ3v) is 10.1. The van der Waals surface area contributed by atoms with E-state index in [1.165, 1.54) is 64.8 Å². The zero-order chi connectivity index (χ0) is 39.3. The second-order valence-corrected chi connectivity index (χ2v) is 13.2. The molecule has 0 aliphatic carbocycles. The van der Waals surface area contributed by atoms with Crippen LogP contribution in [0.5, 0.6) is 46.0 Å². The molecule has 4 aromatic rings. The number of carbonyl (C=O) groups excluding carboxylic acids is 1. The highest BCUT2D eigenvalue weighted by molar-refractivity contribution is 5.75. The summed E-state index contributed by atoms with van der Waals surface area (Å²) in [6.07, 6.45) is -2.26. The first-order chi connectivity index (χ1) is 25.9. The average molecular weight is 751 g/mol. The zero-order valence-corrected chi connectivity index (χ0v) is 30.3. The summed E-state index contributed by atoms with van der Waals surface area (Å²) in [4.78, 5) is 13.2. The van der Waals surface area contributed by atoms with E-state index in [9.17, 15) is 45.6 Å². The van der Waals surface area contributed by atoms with Crippen molar-refractivity contribution in [2.75, 3.05) is 48.3 Å². The molecule has 4 aromatic carbocycles. The molecule has 290 valence electrons. The Labute approximate surface area is 312 Å². The Morgan fingerprint density at radius 2 is 1.06 bits per heavy atom. The van der Waals surface area contributed by atoms with E-state index in [0.29, 0.717) is 22.3 Å². The van der Waals surface area contributed by atoms with Gasteiger partial charge in [0.1, 0.15) is 0 Å². The molecule has 14 nitrogen and oxygen atoms in total. The third kappa shape index (κ3) is 8.06. The standard InChI is InChI=1S/C40H46O14/c1-50-32-15-22(5-7-30(32)43)36(45)28(17-41)26-11-20(13-34(52-3)38(26)47)9-24-19-54-40(49)25(24)10-21-12-27(39(48)35(14-21)53-4)29(18-42)37(46)23-6-8-31(44)33(16-23)51-2/h5-8,11-16,24-25,28-29,36-37,41-48H,9-10,17-19H2,1-4H3/t24-,25+,28?,29?,36?,37?/m1/s1. The Morgan fingerprint density at radius 1 is 0.630 bits per heavy atom. The van der Waals surface area contributed by atoms with Gasteiger partial charge in [-0.05, 0) is 71.5 Å². The Balaban J connectivity index is 1.45. The molecule has 8 N–H and O–H groups in total. The number of esters is 1. The van der Waals surface area contributed by atoms with E-state index in [4.69, 9.17) is 23.7 Å². The molecular weight excluding hydrogens is 704 g/mol. The van der Waals surface area contributed by atoms with Crippen molar-refractivity contribution in [3.05, 3.63) is 94.0 Å². The smallest absolute Gasteiger partial charge is 0.309 e. The minimum atomic E-state index is -1.34. The highest BCUT2D eigenvalue weighted by Crippen LogP contribution is 2.45. The van der Waals surface area contributed by atoms with E-state index in [0.717, 1.165) is 0 Å². The lowest BCUT2D eigenvalue weighted by molar-refractivity contribution is -0.141. The molecule has 6 atom stereocenters. The van der Waals surface area contributed by atoms with Crippen molar-refractivity contribution >= 4 is 5.97 Å². The fraction of sp³-hybridized carbons (Fsp3) is 0.375. The van der Waals surface area contributed by atoms with E-state index in [1.54, 1.807) is 24.3 Å². The minimum absolute atomic E-state index is 0.0621. The normalized spacial score (nSPS) is 17.7. The Morgan fingerprint density at radius 3 is 1.46 bits per heavy atom. The monoisotopic (exact) mass is 750 g/mol. The van der Waals surface area contributed by atoms with Crippen molar-refractivity contribution in [1.29, 1.82) is 0 Å². The van der Waals surface area contributed by atoms with Crippen LogP contribution in [0.2, 0.25) is 0 Å². The number of phenolic OH excluding ortho intramolecular Hbond substituents is 4. The zero-order valence-electron chi connectivity index (χ0n) is 30.3. The number of aliphatic hydroxyl groups is 4. The van der Waals surface area contributed by atoms with Gasteiger partial charge < -0.3 is 64.5 Å². The Bertz CT molecular complexity index is 1940. The Kier molecular flexibility index (Phi) is 12.6. The first-order valence-corrected chi connectivity index (χ1v) is 17.2. The van der Waals surface area contributed by atoms with Gasteiger partial charge in [-0.25, -0.2) is 0 Å². The van der Waals surface area contributed by atoms with Gasteiger partial charge in [-0.3, -0.25) is 4.79 Å². The molecule has 4 unspecified atom stereocenters. The van der Waals surface area contributed by atoms with Gasteiger partial charge in [0, 0.05) is 28.9 Å². The maximum atomic E-state index is 13.2. The molecule has 1 aliphatic rings. The molecular formula is C40H46O14. The fourth-order valence-electron chi connectivity index (χ4n) is 7.06. The molecule has 0 amide bonds. The van der Waals surface area contributed by atoms with Gasteiger partial charge in [-0.2, -0.15) is 0 Å². The van der Waals surface area contributed by atoms with E-state index in [-0.39, 0.29) is 82.5 Å². The van der Waals surface area contributed by atoms with Crippen molar-refractivity contribution in [1.82, 2.24) is 0 Å². The van der Waals surface area contributed by atoms with Gasteiger partial charge in [-0.15, -0.1) is 0 Å². The van der Waals surface area contributed by atoms with Crippen molar-refractivity contribution in [2.24, 2.45) is 11.8 Å². The number of cyclic esters (lactones) is 1. The van der Waals surface area contributed by atoms with Crippen LogP contribution < -0.4 is 18.9 Å². The quantitative estimate of drug-likeness (QED) is 0.0765. The summed E-state index contributed by atoms with van der Waals surface area (Å²) in [5, 5.41) is 85.9. The molecule has 54 heavy (non-hydrogen) atoms. The highest BCUT2D eigenvalue weighted by atomic mass is 16.5. The summed E-state index contributed by atoms with van der Waals surface area (Å²) in [6.45, 7) is -1.06. The van der Waals surface area contributed by atoms with E-state index in [2.05, 4.69) is 0 Å². The third-order valence-electron chi connectivity index (χ3n) is 10.1. The summed E-state index contributed by atoms with van der Waals surface area (Å²) in [7, 11) is 5.45. The van der Waals surface area contributed by atoms with E-state index >= 15 is 0 Å². The number of rotatable bonds is 16. The van der Waals surface area contributed by atoms with Crippen molar-refractivity contribution in [3.63, 3.8) is 0 Å². The van der Waals surface area contributed by atoms with Crippen LogP contribution in [-0.2, 0) is 22.4 Å². The lowest BCUT2D eigenvalue weighted by Crippen LogP contribution is -2.22. The van der Waals surface area contributed by atoms with Crippen molar-refractivity contribution < 1.29 is 69.3 Å². The number of aromatic hydroxyl groups is 4. The molecule has 0 saturated carbocycles. The summed E-state index contributed by atoms with van der Waals surface area (Å²) < 4.78 is 26.7. The second kappa shape index (κ2) is 17.2. The maximum absolute atomic E-state index is 13.2. The molecule has 0 radical (unpaired) electrons. The molecule has 1 saturated heterocycles. The molecule has 1 fully saturated rings. The number of aliphatic hydroxyl groups excluding tert-OH is 4. The number of ether oxygens (including phenoxy) is 5. The SMILES string of the molecule is COc1cc(C(O)C(CO)c2cc(C[C@@H]3COC(=O)[C@H]3Cc3cc(OC)c(O)c(C(CO)C(O)c4ccc(O)c(OC)c4)c3)cc(OC)c2O)ccc1O. The first kappa shape index (κ1) is 39.8. The minimum Gasteiger partial charge on any atom is -0.504 e. The number of hydrogen-bond donors (Lipinski definition) is 8. The number of benzene rings is 4. The van der Waals surface area contributed by atoms with Crippen molar-refractivity contribution in [3.8, 4) is 46.0 Å². The average Bonchev–Trinajstić information content (AvgIpc) is 3.51. The molecule has 0 aromatic heterocycles. The maximum Gasteiger partial charge on any atom is 0.309 e. The largest absolute Gasteiger partial charge is 0.504 e. The molecule has 0 spiro atoms. The molecule has 5 rings (SSSR count). The van der Waals surface area contributed by atoms with Crippen LogP contribution in [0.25, 0.3) is 0 Å². The fourth-order valence-corrected chi connectivity index (χ4v) is 7.06. The van der Waals surface area contributed by atoms with E-state index in [1.807, 2.05) is 0 Å². The molecule has 1 heterocycles. The van der Waals surface area contributed by atoms with Gasteiger partial charge >= 0.3 is 5.97 Å². The molecule has 1 aliphatic heterocycles. The predicted molar refractivity (Wildman–Crippen MR) is 194 cm³/mol. The van der Waals surface area contributed by atoms with Crippen LogP contribution in [0.1, 0.15) is 57.4 Å². The summed E-state index contributed by atoms with van der Waals surface area (Å²) in [5.41, 5.74) is 2.18. The van der Waals surface area contributed by atoms with Gasteiger partial charge in [0.2, 0.25) is 0 Å². The van der Waals surface area contributed by atoms with Crippen LogP contribution in [-0.4, -0.2) is 95.1 Å².